The van der Waals surface area contributed by atoms with Gasteiger partial charge in [0.15, 0.2) is 5.82 Å². The number of carbonyl (C=O) groups is 1. The third-order valence-corrected chi connectivity index (χ3v) is 5.81. The van der Waals surface area contributed by atoms with Gasteiger partial charge in [-0.2, -0.15) is 0 Å². The first-order chi connectivity index (χ1) is 13.2. The molecule has 2 atom stereocenters. The van der Waals surface area contributed by atoms with E-state index in [9.17, 15) is 4.79 Å². The predicted molar refractivity (Wildman–Crippen MR) is 107 cm³/mol. The summed E-state index contributed by atoms with van der Waals surface area (Å²) in [6.07, 6.45) is 3.18. The fourth-order valence-corrected chi connectivity index (χ4v) is 4.16. The second-order valence-corrected chi connectivity index (χ2v) is 8.05. The lowest BCUT2D eigenvalue weighted by Crippen LogP contribution is -2.35. The molecule has 1 aliphatic carbocycles. The summed E-state index contributed by atoms with van der Waals surface area (Å²) in [7, 11) is 0. The van der Waals surface area contributed by atoms with Gasteiger partial charge in [-0.3, -0.25) is 9.89 Å². The molecule has 1 amide bonds. The van der Waals surface area contributed by atoms with Crippen LogP contribution < -0.4 is 5.32 Å². The standard InChI is InChI=1S/C21H22N4OS/c1-14(27-21-23-19(24-25-21)16-9-3-2-4-10-16)20(26)22-18-13-7-11-15-8-5-6-12-17(15)18/h2-6,8-10,12,14,18H,7,11,13H2,1H3,(H,22,26)(H,23,24,25)/t14-,18-/m0/s1. The molecule has 2 N–H and O–H groups in total. The van der Waals surface area contributed by atoms with Gasteiger partial charge in [0.25, 0.3) is 0 Å². The Bertz CT molecular complexity index is 925. The molecular formula is C21H22N4OS. The van der Waals surface area contributed by atoms with E-state index < -0.39 is 0 Å². The van der Waals surface area contributed by atoms with Crippen molar-refractivity contribution in [3.8, 4) is 11.4 Å². The normalized spacial score (nSPS) is 17.1. The lowest BCUT2D eigenvalue weighted by molar-refractivity contribution is -0.121. The smallest absolute Gasteiger partial charge is 0.233 e. The summed E-state index contributed by atoms with van der Waals surface area (Å²) in [5.74, 6) is 0.736. The quantitative estimate of drug-likeness (QED) is 0.655. The lowest BCUT2D eigenvalue weighted by atomic mass is 9.88. The highest BCUT2D eigenvalue weighted by molar-refractivity contribution is 8.00. The third kappa shape index (κ3) is 4.06. The van der Waals surface area contributed by atoms with E-state index in [1.54, 1.807) is 0 Å². The number of nitrogens with zero attached hydrogens (tertiary/aromatic N) is 2. The van der Waals surface area contributed by atoms with E-state index >= 15 is 0 Å². The zero-order valence-electron chi connectivity index (χ0n) is 15.2. The van der Waals surface area contributed by atoms with E-state index in [1.807, 2.05) is 43.3 Å². The van der Waals surface area contributed by atoms with Crippen LogP contribution in [-0.2, 0) is 11.2 Å². The topological polar surface area (TPSA) is 70.7 Å². The molecule has 0 aliphatic heterocycles. The number of fused-ring (bicyclic) bond motifs is 1. The molecule has 27 heavy (non-hydrogen) atoms. The van der Waals surface area contributed by atoms with Gasteiger partial charge in [-0.1, -0.05) is 66.4 Å². The first-order valence-corrected chi connectivity index (χ1v) is 10.1. The van der Waals surface area contributed by atoms with Gasteiger partial charge in [-0.15, -0.1) is 5.10 Å². The van der Waals surface area contributed by atoms with Gasteiger partial charge in [0.1, 0.15) is 0 Å². The molecule has 5 nitrogen and oxygen atoms in total. The van der Waals surface area contributed by atoms with Crippen molar-refractivity contribution in [2.75, 3.05) is 0 Å². The molecule has 1 aromatic heterocycles. The zero-order chi connectivity index (χ0) is 18.6. The van der Waals surface area contributed by atoms with Crippen LogP contribution >= 0.6 is 11.8 Å². The molecule has 1 aliphatic rings. The molecule has 0 fully saturated rings. The summed E-state index contributed by atoms with van der Waals surface area (Å²) in [4.78, 5) is 17.2. The van der Waals surface area contributed by atoms with E-state index in [4.69, 9.17) is 0 Å². The van der Waals surface area contributed by atoms with Crippen LogP contribution in [0.2, 0.25) is 0 Å². The molecule has 0 spiro atoms. The Hall–Kier alpha value is -2.60. The number of aryl methyl sites for hydroxylation is 1. The van der Waals surface area contributed by atoms with Gasteiger partial charge in [-0.05, 0) is 37.3 Å². The first-order valence-electron chi connectivity index (χ1n) is 9.23. The number of carbonyl (C=O) groups excluding carboxylic acids is 1. The minimum atomic E-state index is -0.265. The van der Waals surface area contributed by atoms with Crippen molar-refractivity contribution in [3.63, 3.8) is 0 Å². The summed E-state index contributed by atoms with van der Waals surface area (Å²) in [6.45, 7) is 1.90. The molecule has 6 heteroatoms. The Balaban J connectivity index is 1.40. The average Bonchev–Trinajstić information content (AvgIpc) is 3.17. The number of aromatic nitrogens is 3. The SMILES string of the molecule is C[C@H](Sc1n[nH]c(-c2ccccc2)n1)C(=O)N[C@H]1CCCc2ccccc21. The first kappa shape index (κ1) is 17.8. The molecule has 3 aromatic rings. The molecule has 0 bridgehead atoms. The number of rotatable bonds is 5. The van der Waals surface area contributed by atoms with Crippen molar-refractivity contribution in [2.45, 2.75) is 42.6 Å². The van der Waals surface area contributed by atoms with Gasteiger partial charge in [0.05, 0.1) is 11.3 Å². The Kier molecular flexibility index (Phi) is 5.25. The maximum atomic E-state index is 12.7. The van der Waals surface area contributed by atoms with Crippen molar-refractivity contribution in [1.82, 2.24) is 20.5 Å². The van der Waals surface area contributed by atoms with Crippen LogP contribution in [-0.4, -0.2) is 26.3 Å². The highest BCUT2D eigenvalue weighted by Crippen LogP contribution is 2.30. The summed E-state index contributed by atoms with van der Waals surface area (Å²) in [5.41, 5.74) is 3.57. The molecule has 0 saturated heterocycles. The van der Waals surface area contributed by atoms with E-state index in [0.717, 1.165) is 24.8 Å². The zero-order valence-corrected chi connectivity index (χ0v) is 16.0. The van der Waals surface area contributed by atoms with Crippen molar-refractivity contribution in [2.24, 2.45) is 0 Å². The molecular weight excluding hydrogens is 356 g/mol. The number of H-pyrrole nitrogens is 1. The van der Waals surface area contributed by atoms with Gasteiger partial charge >= 0.3 is 0 Å². The molecule has 4 rings (SSSR count). The molecule has 0 radical (unpaired) electrons. The van der Waals surface area contributed by atoms with Crippen LogP contribution in [0.1, 0.15) is 36.9 Å². The second kappa shape index (κ2) is 7.96. The minimum absolute atomic E-state index is 0.0211. The van der Waals surface area contributed by atoms with Gasteiger partial charge in [-0.25, -0.2) is 4.98 Å². The lowest BCUT2D eigenvalue weighted by Gasteiger charge is -2.27. The highest BCUT2D eigenvalue weighted by atomic mass is 32.2. The molecule has 1 heterocycles. The second-order valence-electron chi connectivity index (χ2n) is 6.74. The number of amides is 1. The molecule has 2 aromatic carbocycles. The maximum Gasteiger partial charge on any atom is 0.233 e. The number of thioether (sulfide) groups is 1. The molecule has 0 saturated carbocycles. The number of hydrogen-bond donors (Lipinski definition) is 2. The Morgan fingerprint density at radius 1 is 1.19 bits per heavy atom. The summed E-state index contributed by atoms with van der Waals surface area (Å²) >= 11 is 1.37. The minimum Gasteiger partial charge on any atom is -0.348 e. The van der Waals surface area contributed by atoms with Crippen molar-refractivity contribution in [3.05, 3.63) is 65.7 Å². The molecule has 138 valence electrons. The van der Waals surface area contributed by atoms with Crippen molar-refractivity contribution in [1.29, 1.82) is 0 Å². The maximum absolute atomic E-state index is 12.7. The van der Waals surface area contributed by atoms with Crippen molar-refractivity contribution >= 4 is 17.7 Å². The Morgan fingerprint density at radius 2 is 1.96 bits per heavy atom. The fraction of sp³-hybridized carbons (Fsp3) is 0.286. The van der Waals surface area contributed by atoms with Gasteiger partial charge < -0.3 is 5.32 Å². The van der Waals surface area contributed by atoms with Crippen LogP contribution in [0.4, 0.5) is 0 Å². The number of hydrogen-bond acceptors (Lipinski definition) is 4. The van der Waals surface area contributed by atoms with Crippen LogP contribution in [0, 0.1) is 0 Å². The van der Waals surface area contributed by atoms with Crippen LogP contribution in [0.15, 0.2) is 59.8 Å². The molecule has 0 unspecified atom stereocenters. The Labute approximate surface area is 163 Å². The van der Waals surface area contributed by atoms with Crippen LogP contribution in [0.3, 0.4) is 0 Å². The summed E-state index contributed by atoms with van der Waals surface area (Å²) in [5, 5.41) is 10.7. The monoisotopic (exact) mass is 378 g/mol. The number of nitrogens with one attached hydrogen (secondary N) is 2. The fourth-order valence-electron chi connectivity index (χ4n) is 3.43. The third-order valence-electron chi connectivity index (χ3n) is 4.85. The number of aromatic amines is 1. The van der Waals surface area contributed by atoms with Gasteiger partial charge in [0.2, 0.25) is 11.1 Å². The van der Waals surface area contributed by atoms with Crippen LogP contribution in [0.5, 0.6) is 0 Å². The highest BCUT2D eigenvalue weighted by Gasteiger charge is 2.24. The Morgan fingerprint density at radius 3 is 2.81 bits per heavy atom. The van der Waals surface area contributed by atoms with E-state index in [2.05, 4.69) is 38.7 Å². The summed E-state index contributed by atoms with van der Waals surface area (Å²) in [6, 6.07) is 18.3. The van der Waals surface area contributed by atoms with E-state index in [-0.39, 0.29) is 17.2 Å². The van der Waals surface area contributed by atoms with E-state index in [0.29, 0.717) is 11.0 Å². The largest absolute Gasteiger partial charge is 0.348 e. The van der Waals surface area contributed by atoms with Crippen molar-refractivity contribution < 1.29 is 4.79 Å². The van der Waals surface area contributed by atoms with Crippen LogP contribution in [0.25, 0.3) is 11.4 Å². The van der Waals surface area contributed by atoms with E-state index in [1.165, 1.54) is 22.9 Å². The predicted octanol–water partition coefficient (Wildman–Crippen LogP) is 4.15. The average molecular weight is 379 g/mol. The van der Waals surface area contributed by atoms with Gasteiger partial charge in [0, 0.05) is 5.56 Å². The summed E-state index contributed by atoms with van der Waals surface area (Å²) < 4.78 is 0. The number of benzene rings is 2.